The molecular weight excluding hydrogens is 394 g/mol. The summed E-state index contributed by atoms with van der Waals surface area (Å²) in [6.45, 7) is 4.45. The van der Waals surface area contributed by atoms with Crippen LogP contribution in [0.3, 0.4) is 0 Å². The number of benzene rings is 1. The number of carbonyl (C=O) groups is 2. The Hall–Kier alpha value is -3.04. The Balaban J connectivity index is 1.85. The van der Waals surface area contributed by atoms with Crippen LogP contribution in [0, 0.1) is 6.92 Å². The van der Waals surface area contributed by atoms with Gasteiger partial charge in [0.25, 0.3) is 0 Å². The molecule has 0 unspecified atom stereocenters. The van der Waals surface area contributed by atoms with Crippen LogP contribution in [0.15, 0.2) is 30.6 Å². The number of methoxy groups -OCH3 is 1. The van der Waals surface area contributed by atoms with Crippen LogP contribution in [0.2, 0.25) is 0 Å². The van der Waals surface area contributed by atoms with E-state index in [-0.39, 0.29) is 12.6 Å². The first-order valence-corrected chi connectivity index (χ1v) is 9.81. The number of thiophene rings is 1. The van der Waals surface area contributed by atoms with E-state index in [9.17, 15) is 9.59 Å². The summed E-state index contributed by atoms with van der Waals surface area (Å²) in [5.41, 5.74) is 1.96. The van der Waals surface area contributed by atoms with Crippen LogP contribution in [-0.2, 0) is 14.2 Å². The number of hydrogen-bond acceptors (Lipinski definition) is 9. The van der Waals surface area contributed by atoms with Gasteiger partial charge in [-0.05, 0) is 43.7 Å². The average Bonchev–Trinajstić information content (AvgIpc) is 3.06. The Labute approximate surface area is 171 Å². The number of aromatic nitrogens is 2. The van der Waals surface area contributed by atoms with E-state index in [4.69, 9.17) is 14.2 Å². The van der Waals surface area contributed by atoms with Crippen LogP contribution >= 0.6 is 11.3 Å². The molecule has 0 aliphatic rings. The Morgan fingerprint density at radius 3 is 2.52 bits per heavy atom. The van der Waals surface area contributed by atoms with Crippen molar-refractivity contribution in [3.05, 3.63) is 46.6 Å². The van der Waals surface area contributed by atoms with Crippen LogP contribution in [0.25, 0.3) is 10.2 Å². The van der Waals surface area contributed by atoms with Crippen LogP contribution in [0.5, 0.6) is 0 Å². The number of aryl methyl sites for hydroxylation is 1. The lowest BCUT2D eigenvalue weighted by atomic mass is 10.2. The molecule has 0 amide bonds. The number of nitrogens with one attached hydrogen (secondary N) is 1. The van der Waals surface area contributed by atoms with Gasteiger partial charge in [0, 0.05) is 12.8 Å². The van der Waals surface area contributed by atoms with Gasteiger partial charge in [0.2, 0.25) is 0 Å². The van der Waals surface area contributed by atoms with E-state index in [1.54, 1.807) is 38.3 Å². The molecule has 0 fully saturated rings. The van der Waals surface area contributed by atoms with Crippen molar-refractivity contribution in [1.29, 1.82) is 0 Å². The van der Waals surface area contributed by atoms with Crippen LogP contribution in [-0.4, -0.2) is 48.8 Å². The number of nitrogens with zero attached hydrogens (tertiary/aromatic N) is 2. The van der Waals surface area contributed by atoms with Gasteiger partial charge < -0.3 is 19.5 Å². The van der Waals surface area contributed by atoms with Crippen molar-refractivity contribution < 1.29 is 23.8 Å². The highest BCUT2D eigenvalue weighted by molar-refractivity contribution is 7.20. The summed E-state index contributed by atoms with van der Waals surface area (Å²) < 4.78 is 15.1. The molecule has 0 aliphatic heterocycles. The zero-order valence-corrected chi connectivity index (χ0v) is 17.2. The third-order valence-electron chi connectivity index (χ3n) is 4.09. The predicted octanol–water partition coefficient (Wildman–Crippen LogP) is 3.72. The molecule has 8 nitrogen and oxygen atoms in total. The van der Waals surface area contributed by atoms with Gasteiger partial charge in [0.1, 0.15) is 28.5 Å². The van der Waals surface area contributed by atoms with Crippen molar-refractivity contribution in [1.82, 2.24) is 9.97 Å². The molecule has 0 saturated heterocycles. The number of carbonyl (C=O) groups excluding carboxylic acids is 2. The fourth-order valence-corrected chi connectivity index (χ4v) is 3.73. The first-order valence-electron chi connectivity index (χ1n) is 8.99. The molecular formula is C20H21N3O5S. The Kier molecular flexibility index (Phi) is 6.73. The summed E-state index contributed by atoms with van der Waals surface area (Å²) in [6.07, 6.45) is 1.44. The van der Waals surface area contributed by atoms with Crippen molar-refractivity contribution in [2.75, 3.05) is 32.2 Å². The number of rotatable bonds is 8. The smallest absolute Gasteiger partial charge is 0.348 e. The van der Waals surface area contributed by atoms with E-state index < -0.39 is 5.97 Å². The lowest BCUT2D eigenvalue weighted by Gasteiger charge is -2.08. The van der Waals surface area contributed by atoms with Gasteiger partial charge in [-0.25, -0.2) is 19.6 Å². The third kappa shape index (κ3) is 4.69. The molecule has 0 aliphatic carbocycles. The maximum absolute atomic E-state index is 12.4. The largest absolute Gasteiger partial charge is 0.462 e. The standard InChI is InChI=1S/C20H21N3O5S/c1-4-27-19(24)13-5-7-14(8-6-13)23-17-15-12(2)16(20(25)28-10-9-26-3)29-18(15)22-11-21-17/h5-8,11H,4,9-10H2,1-3H3,(H,21,22,23). The summed E-state index contributed by atoms with van der Waals surface area (Å²) in [4.78, 5) is 33.9. The van der Waals surface area contributed by atoms with Gasteiger partial charge in [0.05, 0.1) is 24.2 Å². The molecule has 0 radical (unpaired) electrons. The predicted molar refractivity (Wildman–Crippen MR) is 110 cm³/mol. The molecule has 2 aromatic heterocycles. The van der Waals surface area contributed by atoms with Crippen molar-refractivity contribution in [3.8, 4) is 0 Å². The monoisotopic (exact) mass is 415 g/mol. The second-order valence-corrected chi connectivity index (χ2v) is 7.01. The molecule has 0 saturated carbocycles. The molecule has 152 valence electrons. The van der Waals surface area contributed by atoms with Gasteiger partial charge in [-0.3, -0.25) is 0 Å². The quantitative estimate of drug-likeness (QED) is 0.439. The third-order valence-corrected chi connectivity index (χ3v) is 5.27. The zero-order chi connectivity index (χ0) is 20.8. The van der Waals surface area contributed by atoms with Crippen LogP contribution in [0.1, 0.15) is 32.5 Å². The van der Waals surface area contributed by atoms with Gasteiger partial charge in [-0.15, -0.1) is 11.3 Å². The number of esters is 2. The highest BCUT2D eigenvalue weighted by atomic mass is 32.1. The minimum absolute atomic E-state index is 0.187. The number of hydrogen-bond donors (Lipinski definition) is 1. The molecule has 1 N–H and O–H groups in total. The minimum atomic E-state index is -0.410. The Morgan fingerprint density at radius 2 is 1.83 bits per heavy atom. The maximum Gasteiger partial charge on any atom is 0.348 e. The second kappa shape index (κ2) is 9.44. The molecule has 1 aromatic carbocycles. The van der Waals surface area contributed by atoms with E-state index in [1.165, 1.54) is 17.7 Å². The first kappa shape index (κ1) is 20.7. The van der Waals surface area contributed by atoms with E-state index in [2.05, 4.69) is 15.3 Å². The SMILES string of the molecule is CCOC(=O)c1ccc(Nc2ncnc3sc(C(=O)OCCOC)c(C)c23)cc1. The summed E-state index contributed by atoms with van der Waals surface area (Å²) in [5.74, 6) is -0.204. The Bertz CT molecular complexity index is 1020. The summed E-state index contributed by atoms with van der Waals surface area (Å²) in [5, 5.41) is 3.98. The molecule has 2 heterocycles. The first-order chi connectivity index (χ1) is 14.0. The van der Waals surface area contributed by atoms with Crippen molar-refractivity contribution in [2.24, 2.45) is 0 Å². The summed E-state index contributed by atoms with van der Waals surface area (Å²) >= 11 is 1.26. The highest BCUT2D eigenvalue weighted by Gasteiger charge is 2.20. The maximum atomic E-state index is 12.4. The molecule has 29 heavy (non-hydrogen) atoms. The lowest BCUT2D eigenvalue weighted by Crippen LogP contribution is -2.09. The fraction of sp³-hybridized carbons (Fsp3) is 0.300. The van der Waals surface area contributed by atoms with Crippen molar-refractivity contribution in [2.45, 2.75) is 13.8 Å². The minimum Gasteiger partial charge on any atom is -0.462 e. The van der Waals surface area contributed by atoms with Gasteiger partial charge in [0.15, 0.2) is 0 Å². The number of anilines is 2. The topological polar surface area (TPSA) is 99.6 Å². The molecule has 0 spiro atoms. The van der Waals surface area contributed by atoms with Gasteiger partial charge >= 0.3 is 11.9 Å². The molecule has 0 atom stereocenters. The van der Waals surface area contributed by atoms with E-state index in [0.717, 1.165) is 16.6 Å². The number of ether oxygens (including phenoxy) is 3. The van der Waals surface area contributed by atoms with Crippen LogP contribution in [0.4, 0.5) is 11.5 Å². The lowest BCUT2D eigenvalue weighted by molar-refractivity contribution is 0.0392. The van der Waals surface area contributed by atoms with Crippen molar-refractivity contribution >= 4 is 45.0 Å². The molecule has 3 aromatic rings. The normalized spacial score (nSPS) is 10.7. The van der Waals surface area contributed by atoms with Crippen molar-refractivity contribution in [3.63, 3.8) is 0 Å². The van der Waals surface area contributed by atoms with E-state index in [1.807, 2.05) is 6.92 Å². The van der Waals surface area contributed by atoms with E-state index >= 15 is 0 Å². The van der Waals surface area contributed by atoms with Gasteiger partial charge in [-0.1, -0.05) is 0 Å². The second-order valence-electron chi connectivity index (χ2n) is 6.01. The fourth-order valence-electron chi connectivity index (χ4n) is 2.69. The van der Waals surface area contributed by atoms with Crippen LogP contribution < -0.4 is 5.32 Å². The summed E-state index contributed by atoms with van der Waals surface area (Å²) in [6, 6.07) is 6.89. The average molecular weight is 415 g/mol. The number of fused-ring (bicyclic) bond motifs is 1. The molecule has 0 bridgehead atoms. The summed E-state index contributed by atoms with van der Waals surface area (Å²) in [7, 11) is 1.55. The van der Waals surface area contributed by atoms with Gasteiger partial charge in [-0.2, -0.15) is 0 Å². The molecule has 9 heteroatoms. The zero-order valence-electron chi connectivity index (χ0n) is 16.4. The van der Waals surface area contributed by atoms with E-state index in [0.29, 0.717) is 34.3 Å². The highest BCUT2D eigenvalue weighted by Crippen LogP contribution is 2.34. The Morgan fingerprint density at radius 1 is 1.07 bits per heavy atom. The molecule has 3 rings (SSSR count).